The average Bonchev–Trinajstić information content (AvgIpc) is 2.73. The molecular weight excluding hydrogens is 222 g/mol. The minimum absolute atomic E-state index is 0.403. The molecule has 3 heteroatoms. The van der Waals surface area contributed by atoms with E-state index < -0.39 is 0 Å². The van der Waals surface area contributed by atoms with Crippen molar-refractivity contribution in [3.8, 4) is 0 Å². The fraction of sp³-hybridized carbons (Fsp3) is 0.800. The molecule has 2 rings (SSSR count). The fourth-order valence-electron chi connectivity index (χ4n) is 3.21. The highest BCUT2D eigenvalue weighted by molar-refractivity contribution is 4.93. The quantitative estimate of drug-likeness (QED) is 0.891. The molecule has 1 aliphatic carbocycles. The smallest absolute Gasteiger partial charge is 0.108 e. The van der Waals surface area contributed by atoms with Crippen LogP contribution in [0.3, 0.4) is 0 Å². The van der Waals surface area contributed by atoms with Gasteiger partial charge in [0.15, 0.2) is 0 Å². The van der Waals surface area contributed by atoms with Crippen LogP contribution >= 0.6 is 0 Å². The van der Waals surface area contributed by atoms with Crippen molar-refractivity contribution in [2.45, 2.75) is 52.0 Å². The van der Waals surface area contributed by atoms with E-state index in [4.69, 9.17) is 5.73 Å². The van der Waals surface area contributed by atoms with Crippen molar-refractivity contribution < 1.29 is 0 Å². The second-order valence-corrected chi connectivity index (χ2v) is 6.23. The SMILES string of the molecule is CC(C)C1CCC(N)C(CCc2nccn2C)C1. The van der Waals surface area contributed by atoms with Crippen LogP contribution in [0, 0.1) is 17.8 Å². The molecule has 0 aromatic carbocycles. The molecule has 2 N–H and O–H groups in total. The molecule has 1 heterocycles. The molecule has 3 atom stereocenters. The van der Waals surface area contributed by atoms with Crippen molar-refractivity contribution in [1.82, 2.24) is 9.55 Å². The van der Waals surface area contributed by atoms with E-state index in [1.807, 2.05) is 12.4 Å². The van der Waals surface area contributed by atoms with Gasteiger partial charge in [-0.3, -0.25) is 0 Å². The zero-order valence-electron chi connectivity index (χ0n) is 12.0. The molecule has 1 aliphatic rings. The molecule has 1 aromatic rings. The molecule has 1 aromatic heterocycles. The van der Waals surface area contributed by atoms with Gasteiger partial charge in [-0.15, -0.1) is 0 Å². The van der Waals surface area contributed by atoms with Crippen LogP contribution in [0.25, 0.3) is 0 Å². The number of rotatable bonds is 4. The molecule has 0 saturated heterocycles. The molecule has 1 fully saturated rings. The predicted octanol–water partition coefficient (Wildman–Crippen LogP) is 2.75. The fourth-order valence-corrected chi connectivity index (χ4v) is 3.21. The first-order chi connectivity index (χ1) is 8.58. The lowest BCUT2D eigenvalue weighted by Crippen LogP contribution is -2.37. The van der Waals surface area contributed by atoms with Gasteiger partial charge in [-0.25, -0.2) is 4.98 Å². The van der Waals surface area contributed by atoms with Gasteiger partial charge in [-0.05, 0) is 43.4 Å². The minimum atomic E-state index is 0.403. The molecule has 18 heavy (non-hydrogen) atoms. The normalized spacial score (nSPS) is 28.8. The number of aryl methyl sites for hydroxylation is 2. The maximum absolute atomic E-state index is 6.29. The largest absolute Gasteiger partial charge is 0.338 e. The first-order valence-corrected chi connectivity index (χ1v) is 7.29. The first kappa shape index (κ1) is 13.6. The average molecular weight is 249 g/mol. The van der Waals surface area contributed by atoms with Crippen molar-refractivity contribution in [3.63, 3.8) is 0 Å². The van der Waals surface area contributed by atoms with Gasteiger partial charge in [0.1, 0.15) is 5.82 Å². The van der Waals surface area contributed by atoms with Gasteiger partial charge in [-0.1, -0.05) is 13.8 Å². The number of nitrogens with two attached hydrogens (primary N) is 1. The number of hydrogen-bond acceptors (Lipinski definition) is 2. The Morgan fingerprint density at radius 3 is 2.83 bits per heavy atom. The van der Waals surface area contributed by atoms with Gasteiger partial charge < -0.3 is 10.3 Å². The lowest BCUT2D eigenvalue weighted by molar-refractivity contribution is 0.182. The Kier molecular flexibility index (Phi) is 4.44. The van der Waals surface area contributed by atoms with Crippen molar-refractivity contribution in [2.24, 2.45) is 30.5 Å². The molecule has 0 radical (unpaired) electrons. The highest BCUT2D eigenvalue weighted by atomic mass is 15.0. The zero-order chi connectivity index (χ0) is 13.1. The highest BCUT2D eigenvalue weighted by Crippen LogP contribution is 2.35. The van der Waals surface area contributed by atoms with Gasteiger partial charge >= 0.3 is 0 Å². The Labute approximate surface area is 111 Å². The van der Waals surface area contributed by atoms with E-state index in [0.717, 1.165) is 18.3 Å². The van der Waals surface area contributed by atoms with Gasteiger partial charge in [0, 0.05) is 31.9 Å². The van der Waals surface area contributed by atoms with Crippen LogP contribution in [-0.4, -0.2) is 15.6 Å². The van der Waals surface area contributed by atoms with Crippen LogP contribution < -0.4 is 5.73 Å². The van der Waals surface area contributed by atoms with Crippen LogP contribution in [0.15, 0.2) is 12.4 Å². The molecule has 0 bridgehead atoms. The van der Waals surface area contributed by atoms with E-state index >= 15 is 0 Å². The van der Waals surface area contributed by atoms with Crippen LogP contribution in [-0.2, 0) is 13.5 Å². The third kappa shape index (κ3) is 3.14. The maximum atomic E-state index is 6.29. The summed E-state index contributed by atoms with van der Waals surface area (Å²) in [5, 5.41) is 0. The van der Waals surface area contributed by atoms with E-state index in [0.29, 0.717) is 12.0 Å². The monoisotopic (exact) mass is 249 g/mol. The Bertz CT molecular complexity index is 370. The van der Waals surface area contributed by atoms with E-state index in [1.165, 1.54) is 31.5 Å². The standard InChI is InChI=1S/C15H27N3/c1-11(2)12-4-6-14(16)13(10-12)5-7-15-17-8-9-18(15)3/h8-9,11-14H,4-7,10,16H2,1-3H3. The Morgan fingerprint density at radius 1 is 1.44 bits per heavy atom. The Balaban J connectivity index is 1.89. The van der Waals surface area contributed by atoms with Crippen molar-refractivity contribution in [3.05, 3.63) is 18.2 Å². The lowest BCUT2D eigenvalue weighted by Gasteiger charge is -2.36. The molecule has 0 spiro atoms. The third-order valence-electron chi connectivity index (χ3n) is 4.68. The molecular formula is C15H27N3. The van der Waals surface area contributed by atoms with Gasteiger partial charge in [0.2, 0.25) is 0 Å². The number of hydrogen-bond donors (Lipinski definition) is 1. The number of nitrogens with zero attached hydrogens (tertiary/aromatic N) is 2. The first-order valence-electron chi connectivity index (χ1n) is 7.29. The van der Waals surface area contributed by atoms with Gasteiger partial charge in [0.25, 0.3) is 0 Å². The van der Waals surface area contributed by atoms with Crippen LogP contribution in [0.1, 0.15) is 45.4 Å². The van der Waals surface area contributed by atoms with Crippen molar-refractivity contribution >= 4 is 0 Å². The molecule has 0 aliphatic heterocycles. The van der Waals surface area contributed by atoms with E-state index in [-0.39, 0.29) is 0 Å². The second kappa shape index (κ2) is 5.87. The summed E-state index contributed by atoms with van der Waals surface area (Å²) in [5.74, 6) is 3.54. The summed E-state index contributed by atoms with van der Waals surface area (Å²) in [6, 6.07) is 0.403. The summed E-state index contributed by atoms with van der Waals surface area (Å²) in [5.41, 5.74) is 6.29. The van der Waals surface area contributed by atoms with E-state index in [1.54, 1.807) is 0 Å². The molecule has 0 amide bonds. The number of aromatic nitrogens is 2. The Morgan fingerprint density at radius 2 is 2.22 bits per heavy atom. The molecule has 1 saturated carbocycles. The van der Waals surface area contributed by atoms with Crippen molar-refractivity contribution in [1.29, 1.82) is 0 Å². The third-order valence-corrected chi connectivity index (χ3v) is 4.68. The molecule has 3 nitrogen and oxygen atoms in total. The topological polar surface area (TPSA) is 43.8 Å². The van der Waals surface area contributed by atoms with Crippen LogP contribution in [0.2, 0.25) is 0 Å². The minimum Gasteiger partial charge on any atom is -0.338 e. The highest BCUT2D eigenvalue weighted by Gasteiger charge is 2.29. The van der Waals surface area contributed by atoms with Gasteiger partial charge in [0.05, 0.1) is 0 Å². The maximum Gasteiger partial charge on any atom is 0.108 e. The van der Waals surface area contributed by atoms with Crippen LogP contribution in [0.5, 0.6) is 0 Å². The summed E-state index contributed by atoms with van der Waals surface area (Å²) >= 11 is 0. The summed E-state index contributed by atoms with van der Waals surface area (Å²) in [4.78, 5) is 4.40. The molecule has 102 valence electrons. The summed E-state index contributed by atoms with van der Waals surface area (Å²) < 4.78 is 2.12. The van der Waals surface area contributed by atoms with E-state index in [9.17, 15) is 0 Å². The second-order valence-electron chi connectivity index (χ2n) is 6.23. The number of imidazole rings is 1. The predicted molar refractivity (Wildman–Crippen MR) is 75.2 cm³/mol. The summed E-state index contributed by atoms with van der Waals surface area (Å²) in [6.45, 7) is 4.69. The van der Waals surface area contributed by atoms with E-state index in [2.05, 4.69) is 30.4 Å². The Hall–Kier alpha value is -0.830. The molecule has 3 unspecified atom stereocenters. The lowest BCUT2D eigenvalue weighted by atomic mass is 9.72. The van der Waals surface area contributed by atoms with Crippen LogP contribution in [0.4, 0.5) is 0 Å². The van der Waals surface area contributed by atoms with Gasteiger partial charge in [-0.2, -0.15) is 0 Å². The summed E-state index contributed by atoms with van der Waals surface area (Å²) in [6.07, 6.45) is 9.98. The summed E-state index contributed by atoms with van der Waals surface area (Å²) in [7, 11) is 2.07. The van der Waals surface area contributed by atoms with Crippen molar-refractivity contribution in [2.75, 3.05) is 0 Å². The zero-order valence-corrected chi connectivity index (χ0v) is 12.0.